The first kappa shape index (κ1) is 13.0. The Morgan fingerprint density at radius 1 is 1.39 bits per heavy atom. The summed E-state index contributed by atoms with van der Waals surface area (Å²) in [4.78, 5) is 24.1. The van der Waals surface area contributed by atoms with Gasteiger partial charge >= 0.3 is 6.03 Å². The molecule has 0 saturated carbocycles. The minimum atomic E-state index is -0.351. The Hall–Kier alpha value is -1.46. The number of carbonyl (C=O) groups excluding carboxylic acids is 2. The van der Waals surface area contributed by atoms with E-state index in [1.807, 2.05) is 0 Å². The summed E-state index contributed by atoms with van der Waals surface area (Å²) < 4.78 is 0. The first-order chi connectivity index (χ1) is 8.58. The maximum absolute atomic E-state index is 11.7. The number of anilines is 1. The van der Waals surface area contributed by atoms with Gasteiger partial charge in [0.25, 0.3) is 0 Å². The van der Waals surface area contributed by atoms with Gasteiger partial charge in [-0.2, -0.15) is 0 Å². The Morgan fingerprint density at radius 3 is 2.78 bits per heavy atom. The number of halogens is 2. The van der Waals surface area contributed by atoms with Crippen molar-refractivity contribution >= 4 is 40.8 Å². The number of hydrogen-bond acceptors (Lipinski definition) is 3. The minimum Gasteiger partial charge on any atom is -0.376 e. The van der Waals surface area contributed by atoms with Crippen molar-refractivity contribution in [2.24, 2.45) is 0 Å². The zero-order valence-electron chi connectivity index (χ0n) is 9.37. The second-order valence-electron chi connectivity index (χ2n) is 3.76. The van der Waals surface area contributed by atoms with E-state index in [1.54, 1.807) is 18.2 Å². The summed E-state index contributed by atoms with van der Waals surface area (Å²) >= 11 is 11.6. The zero-order valence-corrected chi connectivity index (χ0v) is 10.9. The lowest BCUT2D eigenvalue weighted by Crippen LogP contribution is -2.37. The smallest absolute Gasteiger partial charge is 0.324 e. The van der Waals surface area contributed by atoms with Crippen LogP contribution in [0.25, 0.3) is 0 Å². The Kier molecular flexibility index (Phi) is 3.93. The molecule has 0 radical (unpaired) electrons. The Morgan fingerprint density at radius 2 is 2.17 bits per heavy atom. The highest BCUT2D eigenvalue weighted by Gasteiger charge is 2.25. The monoisotopic (exact) mass is 287 g/mol. The van der Waals surface area contributed by atoms with Gasteiger partial charge in [0, 0.05) is 18.8 Å². The predicted octanol–water partition coefficient (Wildman–Crippen LogP) is 1.96. The van der Waals surface area contributed by atoms with Gasteiger partial charge < -0.3 is 10.6 Å². The molecule has 7 heteroatoms. The van der Waals surface area contributed by atoms with Crippen molar-refractivity contribution in [2.45, 2.75) is 0 Å². The third-order valence-corrected chi connectivity index (χ3v) is 3.26. The minimum absolute atomic E-state index is 0.0331. The van der Waals surface area contributed by atoms with E-state index in [9.17, 15) is 9.59 Å². The Bertz CT molecular complexity index is 493. The number of urea groups is 1. The van der Waals surface area contributed by atoms with Gasteiger partial charge in [0.2, 0.25) is 5.91 Å². The summed E-state index contributed by atoms with van der Waals surface area (Å²) in [6.07, 6.45) is 0. The van der Waals surface area contributed by atoms with Crippen molar-refractivity contribution in [2.75, 3.05) is 25.0 Å². The molecule has 1 fully saturated rings. The van der Waals surface area contributed by atoms with Crippen LogP contribution in [-0.4, -0.2) is 36.5 Å². The Balaban J connectivity index is 1.93. The molecule has 2 N–H and O–H groups in total. The average molecular weight is 288 g/mol. The van der Waals surface area contributed by atoms with Crippen LogP contribution in [0.15, 0.2) is 18.2 Å². The molecule has 0 aliphatic carbocycles. The normalized spacial score (nSPS) is 14.6. The molecule has 5 nitrogen and oxygen atoms in total. The lowest BCUT2D eigenvalue weighted by atomic mass is 10.3. The number of rotatable bonds is 3. The molecule has 0 unspecified atom stereocenters. The van der Waals surface area contributed by atoms with E-state index >= 15 is 0 Å². The highest BCUT2D eigenvalue weighted by molar-refractivity contribution is 6.42. The summed E-state index contributed by atoms with van der Waals surface area (Å²) in [5.74, 6) is -0.281. The maximum atomic E-state index is 11.7. The molecular formula is C11H11Cl2N3O2. The summed E-state index contributed by atoms with van der Waals surface area (Å²) in [6.45, 7) is 0.934. The van der Waals surface area contributed by atoms with Crippen LogP contribution in [0.1, 0.15) is 0 Å². The largest absolute Gasteiger partial charge is 0.376 e. The quantitative estimate of drug-likeness (QED) is 0.893. The first-order valence-corrected chi connectivity index (χ1v) is 6.10. The topological polar surface area (TPSA) is 61.4 Å². The number of nitrogens with one attached hydrogen (secondary N) is 2. The zero-order chi connectivity index (χ0) is 13.1. The van der Waals surface area contributed by atoms with E-state index in [-0.39, 0.29) is 18.5 Å². The van der Waals surface area contributed by atoms with Crippen LogP contribution >= 0.6 is 23.2 Å². The summed E-state index contributed by atoms with van der Waals surface area (Å²) in [5.41, 5.74) is 0.678. The van der Waals surface area contributed by atoms with Crippen LogP contribution in [0.2, 0.25) is 10.0 Å². The van der Waals surface area contributed by atoms with Crippen LogP contribution in [0, 0.1) is 0 Å². The number of carbonyl (C=O) groups is 2. The van der Waals surface area contributed by atoms with E-state index in [0.29, 0.717) is 28.8 Å². The molecule has 0 spiro atoms. The third-order valence-electron chi connectivity index (χ3n) is 2.52. The molecule has 0 aromatic heterocycles. The fourth-order valence-electron chi connectivity index (χ4n) is 1.59. The van der Waals surface area contributed by atoms with Gasteiger partial charge in [-0.3, -0.25) is 9.69 Å². The number of imide groups is 1. The van der Waals surface area contributed by atoms with Gasteiger partial charge in [0.15, 0.2) is 0 Å². The van der Waals surface area contributed by atoms with Gasteiger partial charge in [0.05, 0.1) is 16.6 Å². The molecule has 3 amide bonds. The number of nitrogens with zero attached hydrogens (tertiary/aromatic N) is 1. The van der Waals surface area contributed by atoms with Gasteiger partial charge in [-0.1, -0.05) is 23.2 Å². The Labute approximate surface area is 114 Å². The molecule has 1 heterocycles. The van der Waals surface area contributed by atoms with E-state index in [4.69, 9.17) is 23.2 Å². The van der Waals surface area contributed by atoms with Crippen LogP contribution in [0.4, 0.5) is 10.5 Å². The van der Waals surface area contributed by atoms with E-state index in [0.717, 1.165) is 0 Å². The van der Waals surface area contributed by atoms with E-state index in [1.165, 1.54) is 4.90 Å². The van der Waals surface area contributed by atoms with Crippen molar-refractivity contribution in [1.82, 2.24) is 10.2 Å². The fraction of sp³-hybridized carbons (Fsp3) is 0.273. The van der Waals surface area contributed by atoms with Crippen molar-refractivity contribution in [1.29, 1.82) is 0 Å². The highest BCUT2D eigenvalue weighted by Crippen LogP contribution is 2.24. The summed E-state index contributed by atoms with van der Waals surface area (Å²) in [7, 11) is 0. The lowest BCUT2D eigenvalue weighted by molar-refractivity contribution is -0.125. The van der Waals surface area contributed by atoms with Gasteiger partial charge in [0.1, 0.15) is 0 Å². The molecule has 2 rings (SSSR count). The number of hydrogen-bond donors (Lipinski definition) is 2. The second kappa shape index (κ2) is 5.46. The van der Waals surface area contributed by atoms with Crippen LogP contribution < -0.4 is 10.6 Å². The molecule has 0 bridgehead atoms. The third kappa shape index (κ3) is 2.86. The average Bonchev–Trinajstić information content (AvgIpc) is 2.77. The van der Waals surface area contributed by atoms with Gasteiger partial charge in [-0.25, -0.2) is 4.79 Å². The van der Waals surface area contributed by atoms with Crippen molar-refractivity contribution < 1.29 is 9.59 Å². The molecule has 1 aromatic rings. The molecule has 1 aliphatic heterocycles. The van der Waals surface area contributed by atoms with E-state index < -0.39 is 0 Å². The maximum Gasteiger partial charge on any atom is 0.324 e. The van der Waals surface area contributed by atoms with Crippen molar-refractivity contribution in [3.63, 3.8) is 0 Å². The number of amides is 3. The molecular weight excluding hydrogens is 277 g/mol. The molecule has 96 valence electrons. The van der Waals surface area contributed by atoms with Gasteiger partial charge in [-0.05, 0) is 18.2 Å². The second-order valence-corrected chi connectivity index (χ2v) is 4.57. The van der Waals surface area contributed by atoms with Crippen molar-refractivity contribution in [3.8, 4) is 0 Å². The fourth-order valence-corrected chi connectivity index (χ4v) is 1.89. The first-order valence-electron chi connectivity index (χ1n) is 5.35. The summed E-state index contributed by atoms with van der Waals surface area (Å²) in [6, 6.07) is 4.63. The summed E-state index contributed by atoms with van der Waals surface area (Å²) in [5, 5.41) is 6.32. The lowest BCUT2D eigenvalue weighted by Gasteiger charge is -2.13. The molecule has 1 saturated heterocycles. The number of benzene rings is 1. The van der Waals surface area contributed by atoms with Crippen molar-refractivity contribution in [3.05, 3.63) is 28.2 Å². The van der Waals surface area contributed by atoms with Crippen LogP contribution in [0.3, 0.4) is 0 Å². The molecule has 1 aliphatic rings. The molecule has 0 atom stereocenters. The van der Waals surface area contributed by atoms with Crippen LogP contribution in [-0.2, 0) is 4.79 Å². The predicted molar refractivity (Wildman–Crippen MR) is 70.1 cm³/mol. The molecule has 1 aromatic carbocycles. The highest BCUT2D eigenvalue weighted by atomic mass is 35.5. The van der Waals surface area contributed by atoms with Gasteiger partial charge in [-0.15, -0.1) is 0 Å². The molecule has 18 heavy (non-hydrogen) atoms. The van der Waals surface area contributed by atoms with Crippen LogP contribution in [0.5, 0.6) is 0 Å². The van der Waals surface area contributed by atoms with E-state index in [2.05, 4.69) is 10.6 Å². The standard InChI is InChI=1S/C11H11Cl2N3O2/c12-8-2-1-7(5-9(8)13)15-6-10(17)16-4-3-14-11(16)18/h1-2,5,15H,3-4,6H2,(H,14,18). The SMILES string of the molecule is O=C(CNc1ccc(Cl)c(Cl)c1)N1CCNC1=O.